The van der Waals surface area contributed by atoms with Gasteiger partial charge in [-0.2, -0.15) is 0 Å². The number of aliphatic hydroxyl groups is 1. The third-order valence-corrected chi connectivity index (χ3v) is 2.33. The molecule has 1 N–H and O–H groups in total. The van der Waals surface area contributed by atoms with E-state index in [4.69, 9.17) is 5.11 Å². The molecule has 0 spiro atoms. The molecule has 0 amide bonds. The van der Waals surface area contributed by atoms with Crippen LogP contribution in [0.3, 0.4) is 0 Å². The molecular formula is C9H15NO2. The fraction of sp³-hybridized carbons (Fsp3) is 0.667. The van der Waals surface area contributed by atoms with Crippen LogP contribution in [-0.2, 0) is 4.79 Å². The molecule has 1 aliphatic rings. The highest BCUT2D eigenvalue weighted by Gasteiger charge is 2.18. The highest BCUT2D eigenvalue weighted by molar-refractivity contribution is 5.92. The minimum Gasteiger partial charge on any atom is -0.394 e. The summed E-state index contributed by atoms with van der Waals surface area (Å²) in [5.41, 5.74) is 1.04. The van der Waals surface area contributed by atoms with E-state index in [2.05, 4.69) is 0 Å². The van der Waals surface area contributed by atoms with Gasteiger partial charge in [0.15, 0.2) is 5.78 Å². The van der Waals surface area contributed by atoms with Gasteiger partial charge in [-0.05, 0) is 13.3 Å². The average molecular weight is 169 g/mol. The minimum atomic E-state index is 0.0992. The first-order chi connectivity index (χ1) is 5.65. The lowest BCUT2D eigenvalue weighted by Crippen LogP contribution is -2.30. The van der Waals surface area contributed by atoms with E-state index >= 15 is 0 Å². The molecule has 0 heterocycles. The molecule has 1 unspecified atom stereocenters. The van der Waals surface area contributed by atoms with Gasteiger partial charge in [-0.25, -0.2) is 0 Å². The summed E-state index contributed by atoms with van der Waals surface area (Å²) in [6.45, 7) is 2.06. The lowest BCUT2D eigenvalue weighted by atomic mass is 10.2. The number of rotatable bonds is 3. The SMILES string of the molecule is CC(CO)N(C)C1=CC(=O)CC1. The predicted octanol–water partition coefficient (Wildman–Crippen LogP) is 0.546. The van der Waals surface area contributed by atoms with Crippen LogP contribution in [0, 0.1) is 0 Å². The van der Waals surface area contributed by atoms with E-state index < -0.39 is 0 Å². The first kappa shape index (κ1) is 9.26. The van der Waals surface area contributed by atoms with Crippen LogP contribution >= 0.6 is 0 Å². The van der Waals surface area contributed by atoms with Crippen molar-refractivity contribution in [2.45, 2.75) is 25.8 Å². The number of allylic oxidation sites excluding steroid dienone is 2. The third kappa shape index (κ3) is 1.85. The Bertz CT molecular complexity index is 211. The molecule has 1 aliphatic carbocycles. The monoisotopic (exact) mass is 169 g/mol. The van der Waals surface area contributed by atoms with Crippen LogP contribution in [0.25, 0.3) is 0 Å². The summed E-state index contributed by atoms with van der Waals surface area (Å²) in [4.78, 5) is 12.9. The molecular weight excluding hydrogens is 154 g/mol. The molecule has 0 aromatic rings. The van der Waals surface area contributed by atoms with Gasteiger partial charge in [0.2, 0.25) is 0 Å². The van der Waals surface area contributed by atoms with Gasteiger partial charge in [0.25, 0.3) is 0 Å². The van der Waals surface area contributed by atoms with Gasteiger partial charge in [0, 0.05) is 31.3 Å². The van der Waals surface area contributed by atoms with Crippen LogP contribution in [0.1, 0.15) is 19.8 Å². The van der Waals surface area contributed by atoms with Gasteiger partial charge in [-0.1, -0.05) is 0 Å². The molecule has 3 nitrogen and oxygen atoms in total. The molecule has 1 atom stereocenters. The molecule has 0 aliphatic heterocycles. The third-order valence-electron chi connectivity index (χ3n) is 2.33. The second-order valence-electron chi connectivity index (χ2n) is 3.24. The van der Waals surface area contributed by atoms with Gasteiger partial charge >= 0.3 is 0 Å². The maximum Gasteiger partial charge on any atom is 0.157 e. The molecule has 12 heavy (non-hydrogen) atoms. The highest BCUT2D eigenvalue weighted by Crippen LogP contribution is 2.19. The van der Waals surface area contributed by atoms with Crippen LogP contribution in [-0.4, -0.2) is 35.5 Å². The smallest absolute Gasteiger partial charge is 0.157 e. The van der Waals surface area contributed by atoms with Crippen molar-refractivity contribution in [2.24, 2.45) is 0 Å². The lowest BCUT2D eigenvalue weighted by Gasteiger charge is -2.26. The van der Waals surface area contributed by atoms with E-state index in [1.165, 1.54) is 0 Å². The molecule has 0 saturated heterocycles. The molecule has 68 valence electrons. The Morgan fingerprint density at radius 2 is 2.33 bits per heavy atom. The van der Waals surface area contributed by atoms with Crippen molar-refractivity contribution in [3.05, 3.63) is 11.8 Å². The summed E-state index contributed by atoms with van der Waals surface area (Å²) in [5.74, 6) is 0.196. The van der Waals surface area contributed by atoms with Crippen molar-refractivity contribution in [3.8, 4) is 0 Å². The normalized spacial score (nSPS) is 19.2. The number of aliphatic hydroxyl groups excluding tert-OH is 1. The fourth-order valence-electron chi connectivity index (χ4n) is 1.27. The Hall–Kier alpha value is -0.830. The molecule has 0 saturated carbocycles. The number of likely N-dealkylation sites (N-methyl/N-ethyl adjacent to an activating group) is 1. The van der Waals surface area contributed by atoms with Crippen molar-refractivity contribution in [2.75, 3.05) is 13.7 Å². The summed E-state index contributed by atoms with van der Waals surface area (Å²) in [6.07, 6.45) is 3.11. The summed E-state index contributed by atoms with van der Waals surface area (Å²) in [6, 6.07) is 0.0992. The standard InChI is InChI=1S/C9H15NO2/c1-7(6-11)10(2)8-3-4-9(12)5-8/h5,7,11H,3-4,6H2,1-2H3. The second kappa shape index (κ2) is 3.72. The maximum atomic E-state index is 10.9. The molecule has 0 radical (unpaired) electrons. The number of carbonyl (C=O) groups is 1. The van der Waals surface area contributed by atoms with Gasteiger partial charge < -0.3 is 10.0 Å². The Labute approximate surface area is 72.7 Å². The summed E-state index contributed by atoms with van der Waals surface area (Å²) < 4.78 is 0. The zero-order chi connectivity index (χ0) is 9.14. The number of hydrogen-bond acceptors (Lipinski definition) is 3. The largest absolute Gasteiger partial charge is 0.394 e. The quantitative estimate of drug-likeness (QED) is 0.670. The van der Waals surface area contributed by atoms with Crippen molar-refractivity contribution >= 4 is 5.78 Å². The van der Waals surface area contributed by atoms with E-state index in [1.54, 1.807) is 6.08 Å². The van der Waals surface area contributed by atoms with Crippen LogP contribution < -0.4 is 0 Å². The second-order valence-corrected chi connectivity index (χ2v) is 3.24. The van der Waals surface area contributed by atoms with Crippen molar-refractivity contribution in [1.82, 2.24) is 4.90 Å². The molecule has 0 fully saturated rings. The Morgan fingerprint density at radius 1 is 1.67 bits per heavy atom. The number of nitrogens with zero attached hydrogens (tertiary/aromatic N) is 1. The number of ketones is 1. The lowest BCUT2D eigenvalue weighted by molar-refractivity contribution is -0.114. The van der Waals surface area contributed by atoms with E-state index in [0.717, 1.165) is 12.1 Å². The molecule has 3 heteroatoms. The van der Waals surface area contributed by atoms with Crippen molar-refractivity contribution in [1.29, 1.82) is 0 Å². The van der Waals surface area contributed by atoms with E-state index in [0.29, 0.717) is 6.42 Å². The molecule has 0 aromatic heterocycles. The summed E-state index contributed by atoms with van der Waals surface area (Å²) in [5, 5.41) is 8.88. The Morgan fingerprint density at radius 3 is 2.75 bits per heavy atom. The van der Waals surface area contributed by atoms with Crippen molar-refractivity contribution < 1.29 is 9.90 Å². The van der Waals surface area contributed by atoms with Gasteiger partial charge in [-0.3, -0.25) is 4.79 Å². The van der Waals surface area contributed by atoms with Gasteiger partial charge in [0.1, 0.15) is 0 Å². The first-order valence-corrected chi connectivity index (χ1v) is 4.22. The summed E-state index contributed by atoms with van der Waals surface area (Å²) >= 11 is 0. The minimum absolute atomic E-state index is 0.0992. The van der Waals surface area contributed by atoms with Crippen LogP contribution in [0.2, 0.25) is 0 Å². The van der Waals surface area contributed by atoms with E-state index in [1.807, 2.05) is 18.9 Å². The predicted molar refractivity (Wildman–Crippen MR) is 46.6 cm³/mol. The van der Waals surface area contributed by atoms with Crippen LogP contribution in [0.5, 0.6) is 0 Å². The Balaban J connectivity index is 2.58. The number of carbonyl (C=O) groups excluding carboxylic acids is 1. The summed E-state index contributed by atoms with van der Waals surface area (Å²) in [7, 11) is 1.91. The zero-order valence-electron chi connectivity index (χ0n) is 7.58. The zero-order valence-corrected chi connectivity index (χ0v) is 7.58. The Kier molecular flexibility index (Phi) is 2.87. The fourth-order valence-corrected chi connectivity index (χ4v) is 1.27. The topological polar surface area (TPSA) is 40.5 Å². The first-order valence-electron chi connectivity index (χ1n) is 4.22. The molecule has 1 rings (SSSR count). The maximum absolute atomic E-state index is 10.9. The molecule has 0 bridgehead atoms. The van der Waals surface area contributed by atoms with Gasteiger partial charge in [-0.15, -0.1) is 0 Å². The van der Waals surface area contributed by atoms with Gasteiger partial charge in [0.05, 0.1) is 6.61 Å². The van der Waals surface area contributed by atoms with E-state index in [-0.39, 0.29) is 18.4 Å². The highest BCUT2D eigenvalue weighted by atomic mass is 16.3. The van der Waals surface area contributed by atoms with E-state index in [9.17, 15) is 4.79 Å². The molecule has 0 aromatic carbocycles. The van der Waals surface area contributed by atoms with Crippen LogP contribution in [0.15, 0.2) is 11.8 Å². The van der Waals surface area contributed by atoms with Crippen molar-refractivity contribution in [3.63, 3.8) is 0 Å². The number of hydrogen-bond donors (Lipinski definition) is 1. The average Bonchev–Trinajstić information content (AvgIpc) is 2.49. The van der Waals surface area contributed by atoms with Crippen LogP contribution in [0.4, 0.5) is 0 Å².